The fraction of sp³-hybridized carbons (Fsp3) is 0.462. The lowest BCUT2D eigenvalue weighted by Crippen LogP contribution is -2.33. The Kier molecular flexibility index (Phi) is 4.69. The van der Waals surface area contributed by atoms with E-state index in [1.807, 2.05) is 0 Å². The van der Waals surface area contributed by atoms with Crippen molar-refractivity contribution < 1.29 is 27.8 Å². The van der Waals surface area contributed by atoms with E-state index >= 15 is 0 Å². The molecule has 8 heteroatoms. The van der Waals surface area contributed by atoms with Crippen LogP contribution >= 0.6 is 0 Å². The summed E-state index contributed by atoms with van der Waals surface area (Å²) in [6.45, 7) is 0.769. The van der Waals surface area contributed by atoms with Gasteiger partial charge in [0.2, 0.25) is 10.0 Å². The summed E-state index contributed by atoms with van der Waals surface area (Å²) in [6.07, 6.45) is 0.781. The van der Waals surface area contributed by atoms with Gasteiger partial charge in [-0.25, -0.2) is 13.2 Å². The van der Waals surface area contributed by atoms with E-state index in [0.29, 0.717) is 31.8 Å². The summed E-state index contributed by atoms with van der Waals surface area (Å²) in [6, 6.07) is 4.14. The average Bonchev–Trinajstić information content (AvgIpc) is 2.47. The first-order valence-corrected chi connectivity index (χ1v) is 7.99. The average molecular weight is 315 g/mol. The molecule has 1 heterocycles. The van der Waals surface area contributed by atoms with Gasteiger partial charge in [-0.15, -0.1) is 0 Å². The summed E-state index contributed by atoms with van der Waals surface area (Å²) in [4.78, 5) is 11.2. The second kappa shape index (κ2) is 6.31. The van der Waals surface area contributed by atoms with E-state index in [1.54, 1.807) is 0 Å². The molecule has 1 aromatic carbocycles. The standard InChI is InChI=1S/C13H17NO6S/c1-19-9-2-3-11(13(15)16)12(8-9)14-21(17,18)10-4-6-20-7-5-10/h2-3,8,10,14H,4-7H2,1H3,(H,15,16). The Morgan fingerprint density at radius 2 is 2.05 bits per heavy atom. The number of hydrogen-bond donors (Lipinski definition) is 2. The Morgan fingerprint density at radius 3 is 2.62 bits per heavy atom. The molecule has 0 unspecified atom stereocenters. The molecule has 0 aliphatic carbocycles. The molecule has 21 heavy (non-hydrogen) atoms. The molecule has 0 amide bonds. The number of hydrogen-bond acceptors (Lipinski definition) is 5. The summed E-state index contributed by atoms with van der Waals surface area (Å²) in [5.41, 5.74) is -0.111. The zero-order valence-corrected chi connectivity index (χ0v) is 12.4. The number of carboxylic acid groups (broad SMARTS) is 1. The van der Waals surface area contributed by atoms with Crippen LogP contribution in [-0.4, -0.2) is 45.1 Å². The number of carbonyl (C=O) groups is 1. The minimum absolute atomic E-state index is 0.00772. The zero-order valence-electron chi connectivity index (χ0n) is 11.5. The number of ether oxygens (including phenoxy) is 2. The highest BCUT2D eigenvalue weighted by atomic mass is 32.2. The lowest BCUT2D eigenvalue weighted by atomic mass is 10.2. The van der Waals surface area contributed by atoms with Crippen LogP contribution in [0.2, 0.25) is 0 Å². The minimum atomic E-state index is -3.67. The first kappa shape index (κ1) is 15.6. The van der Waals surface area contributed by atoms with Crippen molar-refractivity contribution in [3.05, 3.63) is 23.8 Å². The number of anilines is 1. The van der Waals surface area contributed by atoms with Crippen LogP contribution in [0.5, 0.6) is 5.75 Å². The van der Waals surface area contributed by atoms with Gasteiger partial charge in [0, 0.05) is 19.3 Å². The highest BCUT2D eigenvalue weighted by molar-refractivity contribution is 7.93. The van der Waals surface area contributed by atoms with Crippen molar-refractivity contribution in [2.24, 2.45) is 0 Å². The van der Waals surface area contributed by atoms with Crippen molar-refractivity contribution in [2.75, 3.05) is 25.0 Å². The fourth-order valence-electron chi connectivity index (χ4n) is 2.14. The summed E-state index contributed by atoms with van der Waals surface area (Å²) >= 11 is 0. The second-order valence-corrected chi connectivity index (χ2v) is 6.64. The normalized spacial score (nSPS) is 16.4. The van der Waals surface area contributed by atoms with E-state index in [9.17, 15) is 13.2 Å². The maximum Gasteiger partial charge on any atom is 0.337 e. The fourth-order valence-corrected chi connectivity index (χ4v) is 3.60. The number of methoxy groups -OCH3 is 1. The Bertz CT molecular complexity index is 622. The smallest absolute Gasteiger partial charge is 0.337 e. The molecule has 1 aliphatic rings. The highest BCUT2D eigenvalue weighted by Crippen LogP contribution is 2.26. The molecule has 1 fully saturated rings. The van der Waals surface area contributed by atoms with Crippen molar-refractivity contribution >= 4 is 21.7 Å². The van der Waals surface area contributed by atoms with Gasteiger partial charge in [-0.05, 0) is 25.0 Å². The predicted molar refractivity (Wildman–Crippen MR) is 76.3 cm³/mol. The van der Waals surface area contributed by atoms with E-state index in [4.69, 9.17) is 14.6 Å². The van der Waals surface area contributed by atoms with Crippen LogP contribution in [0.1, 0.15) is 23.2 Å². The number of nitrogens with one attached hydrogen (secondary N) is 1. The van der Waals surface area contributed by atoms with Crippen molar-refractivity contribution in [1.82, 2.24) is 0 Å². The van der Waals surface area contributed by atoms with E-state index in [0.717, 1.165) is 0 Å². The van der Waals surface area contributed by atoms with E-state index in [2.05, 4.69) is 4.72 Å². The zero-order chi connectivity index (χ0) is 15.5. The molecular weight excluding hydrogens is 298 g/mol. The van der Waals surface area contributed by atoms with Crippen LogP contribution in [0.25, 0.3) is 0 Å². The van der Waals surface area contributed by atoms with E-state index in [1.165, 1.54) is 25.3 Å². The molecule has 1 aromatic rings. The van der Waals surface area contributed by atoms with Gasteiger partial charge in [-0.3, -0.25) is 4.72 Å². The number of carboxylic acids is 1. The molecule has 0 aromatic heterocycles. The van der Waals surface area contributed by atoms with E-state index in [-0.39, 0.29) is 11.3 Å². The summed E-state index contributed by atoms with van der Waals surface area (Å²) < 4.78 is 37.2. The van der Waals surface area contributed by atoms with Crippen LogP contribution in [0, 0.1) is 0 Å². The summed E-state index contributed by atoms with van der Waals surface area (Å²) in [7, 11) is -2.24. The van der Waals surface area contributed by atoms with Crippen molar-refractivity contribution in [2.45, 2.75) is 18.1 Å². The summed E-state index contributed by atoms with van der Waals surface area (Å²) in [5.74, 6) is -0.827. The quantitative estimate of drug-likeness (QED) is 0.849. The molecule has 1 aliphatic heterocycles. The molecule has 7 nitrogen and oxygen atoms in total. The second-order valence-electron chi connectivity index (χ2n) is 4.68. The number of rotatable bonds is 5. The third kappa shape index (κ3) is 3.64. The molecule has 1 saturated heterocycles. The first-order chi connectivity index (χ1) is 9.94. The van der Waals surface area contributed by atoms with Crippen LogP contribution in [-0.2, 0) is 14.8 Å². The maximum atomic E-state index is 12.3. The molecule has 116 valence electrons. The van der Waals surface area contributed by atoms with Crippen molar-refractivity contribution in [1.29, 1.82) is 0 Å². The topological polar surface area (TPSA) is 102 Å². The number of aromatic carboxylic acids is 1. The first-order valence-electron chi connectivity index (χ1n) is 6.45. The monoisotopic (exact) mass is 315 g/mol. The van der Waals surface area contributed by atoms with E-state index < -0.39 is 21.2 Å². The molecule has 0 spiro atoms. The minimum Gasteiger partial charge on any atom is -0.497 e. The van der Waals surface area contributed by atoms with Crippen LogP contribution in [0.4, 0.5) is 5.69 Å². The van der Waals surface area contributed by atoms with Crippen LogP contribution < -0.4 is 9.46 Å². The molecule has 2 N–H and O–H groups in total. The van der Waals surface area contributed by atoms with Crippen LogP contribution in [0.15, 0.2) is 18.2 Å². The highest BCUT2D eigenvalue weighted by Gasteiger charge is 2.29. The van der Waals surface area contributed by atoms with Crippen molar-refractivity contribution in [3.63, 3.8) is 0 Å². The van der Waals surface area contributed by atoms with Gasteiger partial charge in [0.25, 0.3) is 0 Å². The third-order valence-corrected chi connectivity index (χ3v) is 5.17. The van der Waals surface area contributed by atoms with Gasteiger partial charge in [0.05, 0.1) is 23.6 Å². The maximum absolute atomic E-state index is 12.3. The van der Waals surface area contributed by atoms with Crippen molar-refractivity contribution in [3.8, 4) is 5.75 Å². The molecule has 0 saturated carbocycles. The number of sulfonamides is 1. The SMILES string of the molecule is COc1ccc(C(=O)O)c(NS(=O)(=O)C2CCOCC2)c1. The molecule has 2 rings (SSSR count). The number of benzene rings is 1. The third-order valence-electron chi connectivity index (χ3n) is 3.32. The predicted octanol–water partition coefficient (Wildman–Crippen LogP) is 1.31. The van der Waals surface area contributed by atoms with Crippen LogP contribution in [0.3, 0.4) is 0 Å². The van der Waals surface area contributed by atoms with Gasteiger partial charge < -0.3 is 14.6 Å². The van der Waals surface area contributed by atoms with Gasteiger partial charge in [-0.2, -0.15) is 0 Å². The van der Waals surface area contributed by atoms with Gasteiger partial charge in [0.1, 0.15) is 5.75 Å². The molecular formula is C13H17NO6S. The Balaban J connectivity index is 2.30. The molecule has 0 atom stereocenters. The van der Waals surface area contributed by atoms with Gasteiger partial charge in [0.15, 0.2) is 0 Å². The summed E-state index contributed by atoms with van der Waals surface area (Å²) in [5, 5.41) is 8.56. The Hall–Kier alpha value is -1.80. The lowest BCUT2D eigenvalue weighted by Gasteiger charge is -2.23. The van der Waals surface area contributed by atoms with Gasteiger partial charge in [-0.1, -0.05) is 0 Å². The Labute approximate surface area is 122 Å². The Morgan fingerprint density at radius 1 is 1.38 bits per heavy atom. The molecule has 0 bridgehead atoms. The lowest BCUT2D eigenvalue weighted by molar-refractivity contribution is 0.0698. The van der Waals surface area contributed by atoms with Gasteiger partial charge >= 0.3 is 5.97 Å². The largest absolute Gasteiger partial charge is 0.497 e. The molecule has 0 radical (unpaired) electrons.